The maximum atomic E-state index is 12.1. The highest BCUT2D eigenvalue weighted by Gasteiger charge is 2.34. The van der Waals surface area contributed by atoms with E-state index in [2.05, 4.69) is 6.92 Å². The van der Waals surface area contributed by atoms with E-state index in [9.17, 15) is 14.7 Å². The van der Waals surface area contributed by atoms with E-state index in [1.165, 1.54) is 32.1 Å². The molecule has 0 spiro atoms. The number of cyclic esters (lactones) is 1. The maximum Gasteiger partial charge on any atom is 0.345 e. The Morgan fingerprint density at radius 1 is 1.00 bits per heavy atom. The molecule has 132 valence electrons. The number of rotatable bonds is 11. The lowest BCUT2D eigenvalue weighted by molar-refractivity contribution is -0.151. The Hall–Kier alpha value is -1.32. The molecule has 1 saturated heterocycles. The van der Waals surface area contributed by atoms with Crippen LogP contribution in [0.25, 0.3) is 0 Å². The van der Waals surface area contributed by atoms with Crippen molar-refractivity contribution >= 4 is 11.8 Å². The molecule has 0 aromatic heterocycles. The number of carbonyl (C=O) groups is 2. The van der Waals surface area contributed by atoms with E-state index >= 15 is 0 Å². The minimum absolute atomic E-state index is 0.101. The van der Waals surface area contributed by atoms with Gasteiger partial charge < -0.3 is 9.84 Å². The molecule has 0 unspecified atom stereocenters. The zero-order chi connectivity index (χ0) is 17.1. The lowest BCUT2D eigenvalue weighted by Crippen LogP contribution is -2.33. The fraction of sp³-hybridized carbons (Fsp3) is 0.789. The monoisotopic (exact) mass is 324 g/mol. The maximum absolute atomic E-state index is 12.1. The van der Waals surface area contributed by atoms with Crippen molar-refractivity contribution in [3.63, 3.8) is 0 Å². The average molecular weight is 324 g/mol. The van der Waals surface area contributed by atoms with E-state index in [0.717, 1.165) is 32.1 Å². The van der Waals surface area contributed by atoms with Crippen LogP contribution >= 0.6 is 0 Å². The van der Waals surface area contributed by atoms with Crippen LogP contribution in [0.1, 0.15) is 90.9 Å². The molecule has 4 heteroatoms. The van der Waals surface area contributed by atoms with Crippen molar-refractivity contribution in [2.45, 2.75) is 97.0 Å². The molecule has 1 N–H and O–H groups in total. The first kappa shape index (κ1) is 19.7. The second-order valence-corrected chi connectivity index (χ2v) is 6.49. The van der Waals surface area contributed by atoms with Crippen LogP contribution in [-0.2, 0) is 14.3 Å². The van der Waals surface area contributed by atoms with Crippen LogP contribution in [-0.4, -0.2) is 23.0 Å². The Labute approximate surface area is 140 Å². The van der Waals surface area contributed by atoms with Gasteiger partial charge in [-0.3, -0.25) is 4.79 Å². The predicted octanol–water partition coefficient (Wildman–Crippen LogP) is 5.01. The number of esters is 1. The van der Waals surface area contributed by atoms with Gasteiger partial charge in [0.2, 0.25) is 0 Å². The molecule has 0 saturated carbocycles. The lowest BCUT2D eigenvalue weighted by atomic mass is 9.96. The number of aliphatic hydroxyl groups is 1. The number of ketones is 1. The Balaban J connectivity index is 2.33. The fourth-order valence-electron chi connectivity index (χ4n) is 2.91. The van der Waals surface area contributed by atoms with E-state index in [0.29, 0.717) is 6.42 Å². The average Bonchev–Trinajstić information content (AvgIpc) is 2.51. The van der Waals surface area contributed by atoms with Gasteiger partial charge in [0.15, 0.2) is 5.78 Å². The van der Waals surface area contributed by atoms with Gasteiger partial charge in [0.1, 0.15) is 17.4 Å². The van der Waals surface area contributed by atoms with Crippen molar-refractivity contribution in [3.05, 3.63) is 11.3 Å². The van der Waals surface area contributed by atoms with Gasteiger partial charge in [-0.25, -0.2) is 4.79 Å². The van der Waals surface area contributed by atoms with E-state index in [4.69, 9.17) is 4.74 Å². The minimum Gasteiger partial charge on any atom is -0.511 e. The van der Waals surface area contributed by atoms with Gasteiger partial charge in [-0.15, -0.1) is 0 Å². The molecule has 0 bridgehead atoms. The summed E-state index contributed by atoms with van der Waals surface area (Å²) in [5.74, 6) is -0.998. The summed E-state index contributed by atoms with van der Waals surface area (Å²) in [4.78, 5) is 24.1. The van der Waals surface area contributed by atoms with Gasteiger partial charge >= 0.3 is 5.97 Å². The second-order valence-electron chi connectivity index (χ2n) is 6.49. The molecule has 0 aromatic rings. The van der Waals surface area contributed by atoms with Crippen LogP contribution < -0.4 is 0 Å². The molecule has 4 nitrogen and oxygen atoms in total. The zero-order valence-electron chi connectivity index (χ0n) is 14.7. The largest absolute Gasteiger partial charge is 0.511 e. The van der Waals surface area contributed by atoms with Gasteiger partial charge in [0.25, 0.3) is 0 Å². The third-order valence-electron chi connectivity index (χ3n) is 4.36. The van der Waals surface area contributed by atoms with Crippen LogP contribution in [0.15, 0.2) is 11.3 Å². The summed E-state index contributed by atoms with van der Waals surface area (Å²) in [7, 11) is 0. The first-order chi connectivity index (χ1) is 11.1. The molecule has 1 heterocycles. The van der Waals surface area contributed by atoms with Crippen LogP contribution in [0.2, 0.25) is 0 Å². The van der Waals surface area contributed by atoms with Gasteiger partial charge in [0, 0.05) is 12.8 Å². The van der Waals surface area contributed by atoms with Gasteiger partial charge in [-0.1, -0.05) is 58.8 Å². The number of carbonyl (C=O) groups excluding carboxylic acids is 2. The summed E-state index contributed by atoms with van der Waals surface area (Å²) in [5, 5.41) is 9.91. The summed E-state index contributed by atoms with van der Waals surface area (Å²) < 4.78 is 5.34. The summed E-state index contributed by atoms with van der Waals surface area (Å²) in [6.07, 6.45) is 11.1. The number of unbranched alkanes of at least 4 members (excludes halogenated alkanes) is 7. The molecule has 0 aromatic carbocycles. The highest BCUT2D eigenvalue weighted by molar-refractivity contribution is 6.19. The SMILES string of the molecule is CCCCCCCCC[C@@H]1CC(=O)/C(=C(\O)CCCC)C(=O)O1. The molecular formula is C19H32O4. The van der Waals surface area contributed by atoms with Crippen LogP contribution in [0.5, 0.6) is 0 Å². The standard InChI is InChI=1S/C19H32O4/c1-3-5-7-8-9-10-11-12-15-14-17(21)18(19(22)23-15)16(20)13-6-4-2/h15,20H,3-14H2,1-2H3/b18-16+/t15-/m1/s1. The molecule has 1 aliphatic heterocycles. The summed E-state index contributed by atoms with van der Waals surface area (Å²) in [5.41, 5.74) is -0.116. The third kappa shape index (κ3) is 7.19. The Morgan fingerprint density at radius 3 is 2.22 bits per heavy atom. The summed E-state index contributed by atoms with van der Waals surface area (Å²) in [6.45, 7) is 4.20. The molecule has 1 aliphatic rings. The molecule has 0 radical (unpaired) electrons. The van der Waals surface area contributed by atoms with E-state index in [1.807, 2.05) is 6.92 Å². The van der Waals surface area contributed by atoms with Crippen LogP contribution in [0.3, 0.4) is 0 Å². The number of Topliss-reactive ketones (excluding diaryl/α,β-unsaturated/α-hetero) is 1. The number of aliphatic hydroxyl groups excluding tert-OH is 1. The molecule has 1 fully saturated rings. The van der Waals surface area contributed by atoms with Gasteiger partial charge in [0.05, 0.1) is 0 Å². The number of hydrogen-bond donors (Lipinski definition) is 1. The number of ether oxygens (including phenoxy) is 1. The number of hydrogen-bond acceptors (Lipinski definition) is 4. The quantitative estimate of drug-likeness (QED) is 0.191. The van der Waals surface area contributed by atoms with Crippen molar-refractivity contribution in [1.82, 2.24) is 0 Å². The zero-order valence-corrected chi connectivity index (χ0v) is 14.7. The topological polar surface area (TPSA) is 63.6 Å². The smallest absolute Gasteiger partial charge is 0.345 e. The molecule has 0 amide bonds. The molecular weight excluding hydrogens is 292 g/mol. The van der Waals surface area contributed by atoms with Gasteiger partial charge in [-0.05, 0) is 19.3 Å². The van der Waals surface area contributed by atoms with E-state index < -0.39 is 5.97 Å². The number of allylic oxidation sites excluding steroid dienone is 1. The third-order valence-corrected chi connectivity index (χ3v) is 4.36. The molecule has 23 heavy (non-hydrogen) atoms. The Bertz CT molecular complexity index is 392. The van der Waals surface area contributed by atoms with Crippen LogP contribution in [0.4, 0.5) is 0 Å². The van der Waals surface area contributed by atoms with E-state index in [1.54, 1.807) is 0 Å². The van der Waals surface area contributed by atoms with Crippen LogP contribution in [0, 0.1) is 0 Å². The highest BCUT2D eigenvalue weighted by Crippen LogP contribution is 2.24. The normalized spacial score (nSPS) is 20.5. The second kappa shape index (κ2) is 11.3. The van der Waals surface area contributed by atoms with Crippen molar-refractivity contribution in [2.75, 3.05) is 0 Å². The van der Waals surface area contributed by atoms with Crippen molar-refractivity contribution in [3.8, 4) is 0 Å². The molecule has 0 aliphatic carbocycles. The Morgan fingerprint density at radius 2 is 1.61 bits per heavy atom. The molecule has 1 rings (SSSR count). The fourth-order valence-corrected chi connectivity index (χ4v) is 2.91. The van der Waals surface area contributed by atoms with Gasteiger partial charge in [-0.2, -0.15) is 0 Å². The first-order valence-electron chi connectivity index (χ1n) is 9.26. The lowest BCUT2D eigenvalue weighted by Gasteiger charge is -2.23. The van der Waals surface area contributed by atoms with Crippen molar-refractivity contribution < 1.29 is 19.4 Å². The highest BCUT2D eigenvalue weighted by atomic mass is 16.5. The summed E-state index contributed by atoms with van der Waals surface area (Å²) in [6, 6.07) is 0. The van der Waals surface area contributed by atoms with E-state index in [-0.39, 0.29) is 29.6 Å². The predicted molar refractivity (Wildman–Crippen MR) is 91.3 cm³/mol. The molecule has 1 atom stereocenters. The van der Waals surface area contributed by atoms with Crippen molar-refractivity contribution in [1.29, 1.82) is 0 Å². The Kier molecular flexibility index (Phi) is 9.65. The minimum atomic E-state index is -0.636. The van der Waals surface area contributed by atoms with Crippen molar-refractivity contribution in [2.24, 2.45) is 0 Å². The first-order valence-corrected chi connectivity index (χ1v) is 9.26. The summed E-state index contributed by atoms with van der Waals surface area (Å²) >= 11 is 0.